The Morgan fingerprint density at radius 3 is 2.42 bits per heavy atom. The van der Waals surface area contributed by atoms with E-state index in [1.165, 1.54) is 6.20 Å². The van der Waals surface area contributed by atoms with Crippen LogP contribution in [0.1, 0.15) is 5.69 Å². The summed E-state index contributed by atoms with van der Waals surface area (Å²) in [6.07, 6.45) is 1.94. The van der Waals surface area contributed by atoms with Crippen molar-refractivity contribution in [2.24, 2.45) is 0 Å². The molecular weight excluding hydrogens is 332 g/mol. The summed E-state index contributed by atoms with van der Waals surface area (Å²) in [5, 5.41) is 19.6. The number of nitrogens with zero attached hydrogens (tertiary/aromatic N) is 4. The highest BCUT2D eigenvalue weighted by atomic mass is 35.5. The third-order valence-electron chi connectivity index (χ3n) is 3.08. The van der Waals surface area contributed by atoms with Gasteiger partial charge >= 0.3 is 6.09 Å². The summed E-state index contributed by atoms with van der Waals surface area (Å²) in [7, 11) is 0. The van der Waals surface area contributed by atoms with Crippen molar-refractivity contribution in [3.05, 3.63) is 53.4 Å². The zero-order valence-electron chi connectivity index (χ0n) is 12.6. The highest BCUT2D eigenvalue weighted by molar-refractivity contribution is 6.30. The van der Waals surface area contributed by atoms with E-state index in [1.807, 2.05) is 12.1 Å². The smallest absolute Gasteiger partial charge is 0.432 e. The summed E-state index contributed by atoms with van der Waals surface area (Å²) < 4.78 is 0.881. The number of halogens is 1. The van der Waals surface area contributed by atoms with Crippen LogP contribution in [0.3, 0.4) is 0 Å². The number of anilines is 4. The first kappa shape index (κ1) is 15.8. The highest BCUT2D eigenvalue weighted by Crippen LogP contribution is 2.19. The predicted molar refractivity (Wildman–Crippen MR) is 90.4 cm³/mol. The number of rotatable bonds is 4. The second-order valence-electron chi connectivity index (χ2n) is 4.91. The molecule has 0 radical (unpaired) electrons. The minimum absolute atomic E-state index is 0.368. The molecule has 0 saturated carbocycles. The Kier molecular flexibility index (Phi) is 4.30. The Morgan fingerprint density at radius 1 is 1.12 bits per heavy atom. The van der Waals surface area contributed by atoms with E-state index in [0.717, 1.165) is 10.4 Å². The number of hydrogen-bond donors (Lipinski definition) is 3. The van der Waals surface area contributed by atoms with Gasteiger partial charge in [-0.05, 0) is 31.2 Å². The molecule has 0 amide bonds. The van der Waals surface area contributed by atoms with Crippen LogP contribution < -0.4 is 10.6 Å². The average Bonchev–Trinajstić information content (AvgIpc) is 2.91. The van der Waals surface area contributed by atoms with Gasteiger partial charge in [0.05, 0.1) is 12.4 Å². The molecule has 9 heteroatoms. The molecule has 1 aromatic carbocycles. The van der Waals surface area contributed by atoms with Gasteiger partial charge in [0, 0.05) is 22.5 Å². The zero-order valence-corrected chi connectivity index (χ0v) is 13.3. The third-order valence-corrected chi connectivity index (χ3v) is 3.33. The Hall–Kier alpha value is -3.13. The largest absolute Gasteiger partial charge is 0.463 e. The van der Waals surface area contributed by atoms with Crippen molar-refractivity contribution in [3.63, 3.8) is 0 Å². The molecule has 0 unspecified atom stereocenters. The maximum absolute atomic E-state index is 11.0. The van der Waals surface area contributed by atoms with Crippen molar-refractivity contribution < 1.29 is 9.90 Å². The van der Waals surface area contributed by atoms with E-state index in [1.54, 1.807) is 31.3 Å². The summed E-state index contributed by atoms with van der Waals surface area (Å²) in [5.41, 5.74) is 1.31. The molecule has 0 aliphatic heterocycles. The molecule has 0 aliphatic rings. The van der Waals surface area contributed by atoms with Gasteiger partial charge in [0.25, 0.3) is 0 Å². The molecule has 3 rings (SSSR count). The summed E-state index contributed by atoms with van der Waals surface area (Å²) in [4.78, 5) is 19.4. The van der Waals surface area contributed by atoms with Crippen LogP contribution in [0.15, 0.2) is 42.7 Å². The van der Waals surface area contributed by atoms with Crippen LogP contribution in [0.4, 0.5) is 27.9 Å². The van der Waals surface area contributed by atoms with Crippen LogP contribution in [0.25, 0.3) is 0 Å². The lowest BCUT2D eigenvalue weighted by molar-refractivity contribution is 0.192. The number of benzene rings is 1. The molecule has 0 aliphatic carbocycles. The van der Waals surface area contributed by atoms with E-state index in [9.17, 15) is 4.79 Å². The standard InChI is InChI=1S/C15H13ClN6O2/c1-9-6-12(21-22(9)15(23)24)19-14-8-17-7-13(20-14)18-11-4-2-10(16)3-5-11/h2-8H,1H3,(H,23,24)(H2,18,19,20,21). The van der Waals surface area contributed by atoms with Crippen molar-refractivity contribution in [1.82, 2.24) is 19.7 Å². The van der Waals surface area contributed by atoms with E-state index in [4.69, 9.17) is 16.7 Å². The quantitative estimate of drug-likeness (QED) is 0.663. The van der Waals surface area contributed by atoms with Gasteiger partial charge in [0.15, 0.2) is 17.5 Å². The van der Waals surface area contributed by atoms with E-state index in [0.29, 0.717) is 28.2 Å². The van der Waals surface area contributed by atoms with E-state index in [-0.39, 0.29) is 0 Å². The van der Waals surface area contributed by atoms with Crippen molar-refractivity contribution in [1.29, 1.82) is 0 Å². The molecule has 2 heterocycles. The van der Waals surface area contributed by atoms with Crippen LogP contribution in [0, 0.1) is 6.92 Å². The molecule has 0 saturated heterocycles. The number of aromatic nitrogens is 4. The van der Waals surface area contributed by atoms with Gasteiger partial charge in [-0.2, -0.15) is 4.68 Å². The van der Waals surface area contributed by atoms with Gasteiger partial charge < -0.3 is 15.7 Å². The predicted octanol–water partition coefficient (Wildman–Crippen LogP) is 3.65. The third kappa shape index (κ3) is 3.61. The van der Waals surface area contributed by atoms with Crippen molar-refractivity contribution in [2.45, 2.75) is 6.92 Å². The Morgan fingerprint density at radius 2 is 1.79 bits per heavy atom. The topological polar surface area (TPSA) is 105 Å². The maximum Gasteiger partial charge on any atom is 0.432 e. The molecule has 122 valence electrons. The maximum atomic E-state index is 11.0. The second kappa shape index (κ2) is 6.55. The normalized spacial score (nSPS) is 10.4. The SMILES string of the molecule is Cc1cc(Nc2cncc(Nc3ccc(Cl)cc3)n2)nn1C(=O)O. The fraction of sp³-hybridized carbons (Fsp3) is 0.0667. The van der Waals surface area contributed by atoms with Gasteiger partial charge in [0.1, 0.15) is 0 Å². The molecule has 2 aromatic heterocycles. The fourth-order valence-electron chi connectivity index (χ4n) is 2.03. The lowest BCUT2D eigenvalue weighted by atomic mass is 10.3. The van der Waals surface area contributed by atoms with Crippen LogP contribution in [-0.2, 0) is 0 Å². The van der Waals surface area contributed by atoms with E-state index >= 15 is 0 Å². The molecule has 0 bridgehead atoms. The van der Waals surface area contributed by atoms with E-state index < -0.39 is 6.09 Å². The summed E-state index contributed by atoms with van der Waals surface area (Å²) >= 11 is 5.85. The molecule has 3 aromatic rings. The van der Waals surface area contributed by atoms with Crippen LogP contribution >= 0.6 is 11.6 Å². The van der Waals surface area contributed by atoms with Crippen LogP contribution in [0.2, 0.25) is 5.02 Å². The summed E-state index contributed by atoms with van der Waals surface area (Å²) in [6.45, 7) is 1.65. The highest BCUT2D eigenvalue weighted by Gasteiger charge is 2.10. The van der Waals surface area contributed by atoms with Gasteiger partial charge in [-0.15, -0.1) is 5.10 Å². The first-order chi connectivity index (χ1) is 11.5. The first-order valence-electron chi connectivity index (χ1n) is 6.93. The summed E-state index contributed by atoms with van der Waals surface area (Å²) in [6, 6.07) is 8.78. The van der Waals surface area contributed by atoms with Crippen molar-refractivity contribution in [3.8, 4) is 0 Å². The van der Waals surface area contributed by atoms with Gasteiger partial charge in [0.2, 0.25) is 0 Å². The monoisotopic (exact) mass is 344 g/mol. The number of carboxylic acid groups (broad SMARTS) is 1. The van der Waals surface area contributed by atoms with Crippen LogP contribution in [0.5, 0.6) is 0 Å². The number of nitrogens with one attached hydrogen (secondary N) is 2. The molecule has 0 fully saturated rings. The average molecular weight is 345 g/mol. The minimum atomic E-state index is -1.15. The lowest BCUT2D eigenvalue weighted by Crippen LogP contribution is -2.11. The number of hydrogen-bond acceptors (Lipinski definition) is 6. The van der Waals surface area contributed by atoms with Crippen molar-refractivity contribution in [2.75, 3.05) is 10.6 Å². The van der Waals surface area contributed by atoms with E-state index in [2.05, 4.69) is 25.7 Å². The Balaban J connectivity index is 1.76. The second-order valence-corrected chi connectivity index (χ2v) is 5.35. The zero-order chi connectivity index (χ0) is 17.1. The molecular formula is C15H13ClN6O2. The summed E-state index contributed by atoms with van der Waals surface area (Å²) in [5.74, 6) is 1.33. The molecule has 0 spiro atoms. The van der Waals surface area contributed by atoms with Gasteiger partial charge in [-0.3, -0.25) is 4.98 Å². The lowest BCUT2D eigenvalue weighted by Gasteiger charge is -2.07. The Bertz CT molecular complexity index is 878. The molecule has 24 heavy (non-hydrogen) atoms. The molecule has 8 nitrogen and oxygen atoms in total. The number of aryl methyl sites for hydroxylation is 1. The van der Waals surface area contributed by atoms with Crippen LogP contribution in [-0.4, -0.2) is 30.9 Å². The minimum Gasteiger partial charge on any atom is -0.463 e. The van der Waals surface area contributed by atoms with Gasteiger partial charge in [-0.1, -0.05) is 11.6 Å². The Labute approximate surface area is 142 Å². The first-order valence-corrected chi connectivity index (χ1v) is 7.31. The molecule has 3 N–H and O–H groups in total. The number of carbonyl (C=O) groups is 1. The van der Waals surface area contributed by atoms with Gasteiger partial charge in [-0.25, -0.2) is 9.78 Å². The fourth-order valence-corrected chi connectivity index (χ4v) is 2.15. The molecule has 0 atom stereocenters. The van der Waals surface area contributed by atoms with Crippen molar-refractivity contribution >= 4 is 40.8 Å².